The Morgan fingerprint density at radius 3 is 2.52 bits per heavy atom. The number of halogens is 4. The second kappa shape index (κ2) is 5.65. The van der Waals surface area contributed by atoms with Gasteiger partial charge in [0.25, 0.3) is 0 Å². The van der Waals surface area contributed by atoms with Crippen LogP contribution in [0, 0.1) is 6.92 Å². The fourth-order valence-corrected chi connectivity index (χ4v) is 3.20. The van der Waals surface area contributed by atoms with Gasteiger partial charge in [0, 0.05) is 10.8 Å². The van der Waals surface area contributed by atoms with E-state index in [9.17, 15) is 13.2 Å². The standard InChI is InChI=1S/C15H10ClF3N2OS/c1-7-3-11(14-21-13(6-23-14)15(17,18)19)20-10-5-9(16)12(22-2)4-8(7)10/h3-6H,1-2H3. The number of rotatable bonds is 2. The van der Waals surface area contributed by atoms with Crippen LogP contribution >= 0.6 is 22.9 Å². The van der Waals surface area contributed by atoms with E-state index < -0.39 is 11.9 Å². The molecule has 0 amide bonds. The summed E-state index contributed by atoms with van der Waals surface area (Å²) in [4.78, 5) is 8.01. The molecule has 8 heteroatoms. The van der Waals surface area contributed by atoms with Crippen molar-refractivity contribution >= 4 is 33.8 Å². The molecule has 2 aromatic heterocycles. The highest BCUT2D eigenvalue weighted by molar-refractivity contribution is 7.13. The van der Waals surface area contributed by atoms with Gasteiger partial charge in [0.15, 0.2) is 5.69 Å². The molecule has 0 radical (unpaired) electrons. The number of methoxy groups -OCH3 is 1. The van der Waals surface area contributed by atoms with Crippen molar-refractivity contribution in [2.24, 2.45) is 0 Å². The first kappa shape index (κ1) is 16.0. The summed E-state index contributed by atoms with van der Waals surface area (Å²) in [7, 11) is 1.51. The van der Waals surface area contributed by atoms with Gasteiger partial charge in [-0.3, -0.25) is 0 Å². The van der Waals surface area contributed by atoms with Gasteiger partial charge in [0.1, 0.15) is 10.8 Å². The van der Waals surface area contributed by atoms with Crippen LogP contribution < -0.4 is 4.74 Å². The molecule has 0 spiro atoms. The molecule has 0 aliphatic heterocycles. The molecule has 0 aliphatic rings. The molecule has 1 aromatic carbocycles. The minimum atomic E-state index is -4.46. The van der Waals surface area contributed by atoms with E-state index in [-0.39, 0.29) is 5.01 Å². The number of pyridine rings is 1. The smallest absolute Gasteiger partial charge is 0.434 e. The summed E-state index contributed by atoms with van der Waals surface area (Å²) in [6.07, 6.45) is -4.46. The lowest BCUT2D eigenvalue weighted by molar-refractivity contribution is -0.140. The van der Waals surface area contributed by atoms with Crippen LogP contribution in [0.25, 0.3) is 21.6 Å². The monoisotopic (exact) mass is 358 g/mol. The summed E-state index contributed by atoms with van der Waals surface area (Å²) in [6.45, 7) is 1.85. The van der Waals surface area contributed by atoms with Crippen LogP contribution in [0.1, 0.15) is 11.3 Å². The van der Waals surface area contributed by atoms with Crippen molar-refractivity contribution in [1.29, 1.82) is 0 Å². The molecule has 0 saturated carbocycles. The van der Waals surface area contributed by atoms with Gasteiger partial charge in [-0.05, 0) is 30.7 Å². The van der Waals surface area contributed by atoms with E-state index in [4.69, 9.17) is 16.3 Å². The number of hydrogen-bond donors (Lipinski definition) is 0. The summed E-state index contributed by atoms with van der Waals surface area (Å²) in [6, 6.07) is 5.09. The lowest BCUT2D eigenvalue weighted by atomic mass is 10.1. The Labute approximate surface area is 138 Å². The molecule has 2 heterocycles. The Morgan fingerprint density at radius 2 is 1.91 bits per heavy atom. The Morgan fingerprint density at radius 1 is 1.17 bits per heavy atom. The number of nitrogens with zero attached hydrogens (tertiary/aromatic N) is 2. The second-order valence-corrected chi connectivity index (χ2v) is 6.13. The molecule has 23 heavy (non-hydrogen) atoms. The van der Waals surface area contributed by atoms with Crippen molar-refractivity contribution in [3.8, 4) is 16.5 Å². The Hall–Kier alpha value is -1.86. The van der Waals surface area contributed by atoms with Crippen LogP contribution in [0.4, 0.5) is 13.2 Å². The molecule has 3 aromatic rings. The number of hydrogen-bond acceptors (Lipinski definition) is 4. The molecular formula is C15H10ClF3N2OS. The van der Waals surface area contributed by atoms with E-state index in [0.29, 0.717) is 22.0 Å². The molecule has 120 valence electrons. The van der Waals surface area contributed by atoms with E-state index in [1.165, 1.54) is 7.11 Å². The summed E-state index contributed by atoms with van der Waals surface area (Å²) < 4.78 is 43.2. The first-order valence-corrected chi connectivity index (χ1v) is 7.73. The van der Waals surface area contributed by atoms with Crippen LogP contribution in [0.3, 0.4) is 0 Å². The molecule has 0 saturated heterocycles. The highest BCUT2D eigenvalue weighted by atomic mass is 35.5. The lowest BCUT2D eigenvalue weighted by Crippen LogP contribution is -2.04. The maximum Gasteiger partial charge on any atom is 0.434 e. The molecule has 0 aliphatic carbocycles. The van der Waals surface area contributed by atoms with Crippen molar-refractivity contribution in [3.05, 3.63) is 39.9 Å². The van der Waals surface area contributed by atoms with Crippen LogP contribution in [-0.2, 0) is 6.18 Å². The minimum Gasteiger partial charge on any atom is -0.495 e. The van der Waals surface area contributed by atoms with Crippen LogP contribution in [0.2, 0.25) is 5.02 Å². The Balaban J connectivity index is 2.14. The zero-order valence-corrected chi connectivity index (χ0v) is 13.6. The number of ether oxygens (including phenoxy) is 1. The van der Waals surface area contributed by atoms with Crippen LogP contribution in [-0.4, -0.2) is 17.1 Å². The lowest BCUT2D eigenvalue weighted by Gasteiger charge is -2.08. The van der Waals surface area contributed by atoms with Gasteiger partial charge in [0.05, 0.1) is 23.3 Å². The van der Waals surface area contributed by atoms with Crippen molar-refractivity contribution < 1.29 is 17.9 Å². The van der Waals surface area contributed by atoms with Gasteiger partial charge in [-0.1, -0.05) is 11.6 Å². The van der Waals surface area contributed by atoms with E-state index >= 15 is 0 Å². The highest BCUT2D eigenvalue weighted by Gasteiger charge is 2.34. The average Bonchev–Trinajstić information content (AvgIpc) is 2.96. The molecular weight excluding hydrogens is 349 g/mol. The van der Waals surface area contributed by atoms with E-state index in [2.05, 4.69) is 9.97 Å². The summed E-state index contributed by atoms with van der Waals surface area (Å²) in [5, 5.41) is 2.41. The second-order valence-electron chi connectivity index (χ2n) is 4.86. The average molecular weight is 359 g/mol. The Kier molecular flexibility index (Phi) is 3.93. The number of thiazole rings is 1. The summed E-state index contributed by atoms with van der Waals surface area (Å²) in [5.74, 6) is 0.519. The first-order chi connectivity index (χ1) is 10.8. The van der Waals surface area contributed by atoms with Gasteiger partial charge < -0.3 is 4.74 Å². The third-order valence-corrected chi connectivity index (χ3v) is 4.46. The predicted molar refractivity (Wildman–Crippen MR) is 84.2 cm³/mol. The molecule has 0 atom stereocenters. The molecule has 0 unspecified atom stereocenters. The number of alkyl halides is 3. The van der Waals surface area contributed by atoms with Crippen molar-refractivity contribution in [1.82, 2.24) is 9.97 Å². The van der Waals surface area contributed by atoms with Gasteiger partial charge in [-0.2, -0.15) is 13.2 Å². The predicted octanol–water partition coefficient (Wildman–Crippen LogP) is 5.35. The number of aromatic nitrogens is 2. The third kappa shape index (κ3) is 2.98. The van der Waals surface area contributed by atoms with Gasteiger partial charge >= 0.3 is 6.18 Å². The molecule has 0 fully saturated rings. The largest absolute Gasteiger partial charge is 0.495 e. The molecule has 0 N–H and O–H groups in total. The maximum absolute atomic E-state index is 12.7. The molecule has 3 rings (SSSR count). The SMILES string of the molecule is COc1cc2c(C)cc(-c3nc(C(F)(F)F)cs3)nc2cc1Cl. The van der Waals surface area contributed by atoms with Crippen molar-refractivity contribution in [2.75, 3.05) is 7.11 Å². The van der Waals surface area contributed by atoms with Gasteiger partial charge in [0.2, 0.25) is 0 Å². The van der Waals surface area contributed by atoms with Crippen molar-refractivity contribution in [3.63, 3.8) is 0 Å². The fraction of sp³-hybridized carbons (Fsp3) is 0.200. The van der Waals surface area contributed by atoms with E-state index in [1.807, 2.05) is 6.92 Å². The minimum absolute atomic E-state index is 0.217. The van der Waals surface area contributed by atoms with Crippen LogP contribution in [0.5, 0.6) is 5.75 Å². The first-order valence-electron chi connectivity index (χ1n) is 6.47. The number of aryl methyl sites for hydroxylation is 1. The van der Waals surface area contributed by atoms with Crippen molar-refractivity contribution in [2.45, 2.75) is 13.1 Å². The summed E-state index contributed by atoms with van der Waals surface area (Å²) >= 11 is 7.00. The van der Waals surface area contributed by atoms with E-state index in [0.717, 1.165) is 27.7 Å². The molecule has 0 bridgehead atoms. The topological polar surface area (TPSA) is 35.0 Å². The van der Waals surface area contributed by atoms with E-state index in [1.54, 1.807) is 18.2 Å². The zero-order valence-electron chi connectivity index (χ0n) is 12.0. The zero-order chi connectivity index (χ0) is 16.8. The quantitative estimate of drug-likeness (QED) is 0.619. The highest BCUT2D eigenvalue weighted by Crippen LogP contribution is 2.35. The number of fused-ring (bicyclic) bond motifs is 1. The van der Waals surface area contributed by atoms with Gasteiger partial charge in [-0.15, -0.1) is 11.3 Å². The maximum atomic E-state index is 12.7. The third-order valence-electron chi connectivity index (χ3n) is 3.30. The molecule has 3 nitrogen and oxygen atoms in total. The van der Waals surface area contributed by atoms with Crippen LogP contribution in [0.15, 0.2) is 23.6 Å². The number of benzene rings is 1. The normalized spacial score (nSPS) is 11.9. The fourth-order valence-electron chi connectivity index (χ4n) is 2.18. The summed E-state index contributed by atoms with van der Waals surface area (Å²) in [5.41, 5.74) is 0.903. The Bertz CT molecular complexity index is 892. The van der Waals surface area contributed by atoms with Gasteiger partial charge in [-0.25, -0.2) is 9.97 Å².